The van der Waals surface area contributed by atoms with Crippen LogP contribution in [0.3, 0.4) is 0 Å². The van der Waals surface area contributed by atoms with Crippen LogP contribution in [-0.4, -0.2) is 29.2 Å². The van der Waals surface area contributed by atoms with E-state index in [1.807, 2.05) is 27.7 Å². The zero-order chi connectivity index (χ0) is 17.4. The molecule has 1 aromatic carbocycles. The quantitative estimate of drug-likeness (QED) is 0.722. The maximum atomic E-state index is 13.1. The van der Waals surface area contributed by atoms with Gasteiger partial charge >= 0.3 is 6.80 Å². The molecule has 0 saturated carbocycles. The Kier molecular flexibility index (Phi) is 5.14. The Labute approximate surface area is 142 Å². The molecule has 9 heteroatoms. The first-order chi connectivity index (χ1) is 10.7. The molecule has 1 heterocycles. The third-order valence-corrected chi connectivity index (χ3v) is 9.34. The lowest BCUT2D eigenvalue weighted by molar-refractivity contribution is 0.437. The molecule has 0 amide bonds. The highest BCUT2D eigenvalue weighted by atomic mass is 35.7. The number of hydrogen-bond acceptors (Lipinski definition) is 4. The van der Waals surface area contributed by atoms with Crippen molar-refractivity contribution >= 4 is 33.9 Å². The molecule has 2 unspecified atom stereocenters. The summed E-state index contributed by atoms with van der Waals surface area (Å²) in [6, 6.07) is 6.12. The minimum Gasteiger partial charge on any atom is -0.276 e. The molecular formula is C14H21ClN3O3PS. The van der Waals surface area contributed by atoms with Crippen molar-refractivity contribution in [3.8, 4) is 0 Å². The summed E-state index contributed by atoms with van der Waals surface area (Å²) in [4.78, 5) is 0.0224. The number of aryl methyl sites for hydroxylation is 1. The number of amidine groups is 1. The fourth-order valence-corrected chi connectivity index (χ4v) is 7.80. The monoisotopic (exact) mass is 377 g/mol. The van der Waals surface area contributed by atoms with Gasteiger partial charge in [-0.3, -0.25) is 9.24 Å². The van der Waals surface area contributed by atoms with E-state index in [2.05, 4.69) is 5.10 Å². The first-order valence-electron chi connectivity index (χ1n) is 7.45. The van der Waals surface area contributed by atoms with Crippen LogP contribution < -0.4 is 0 Å². The molecule has 128 valence electrons. The second-order valence-corrected chi connectivity index (χ2v) is 10.6. The molecule has 0 aliphatic carbocycles. The van der Waals surface area contributed by atoms with E-state index in [1.165, 1.54) is 16.8 Å². The highest BCUT2D eigenvalue weighted by Gasteiger charge is 2.50. The third kappa shape index (κ3) is 3.14. The topological polar surface area (TPSA) is 70.0 Å². The molecule has 0 N–H and O–H groups in total. The fraction of sp³-hybridized carbons (Fsp3) is 0.500. The summed E-state index contributed by atoms with van der Waals surface area (Å²) in [5, 5.41) is 4.07. The normalized spacial score (nSPS) is 23.1. The van der Waals surface area contributed by atoms with Gasteiger partial charge in [-0.2, -0.15) is 8.42 Å². The average Bonchev–Trinajstić information content (AvgIpc) is 2.78. The van der Waals surface area contributed by atoms with Crippen LogP contribution >= 0.6 is 18.0 Å². The number of hydrogen-bond donors (Lipinski definition) is 0. The van der Waals surface area contributed by atoms with Gasteiger partial charge in [0.15, 0.2) is 0 Å². The summed E-state index contributed by atoms with van der Waals surface area (Å²) in [7, 11) is -4.07. The molecule has 2 rings (SSSR count). The number of rotatable bonds is 5. The van der Waals surface area contributed by atoms with Crippen molar-refractivity contribution in [1.29, 1.82) is 0 Å². The molecule has 0 saturated heterocycles. The Morgan fingerprint density at radius 3 is 2.30 bits per heavy atom. The standard InChI is InChI=1S/C14H21ClN3O3PS/c1-5-12(4)17-14(6-2)16-18(22(17,15)19)23(20,21)13-9-7-11(3)8-10-13/h7-10,12H,5-6H2,1-4H3. The van der Waals surface area contributed by atoms with Gasteiger partial charge in [-0.1, -0.05) is 35.7 Å². The number of benzene rings is 1. The van der Waals surface area contributed by atoms with E-state index < -0.39 is 16.8 Å². The van der Waals surface area contributed by atoms with Gasteiger partial charge in [-0.15, -0.1) is 5.10 Å². The minimum atomic E-state index is -4.07. The molecule has 6 nitrogen and oxygen atoms in total. The van der Waals surface area contributed by atoms with Crippen LogP contribution in [0.25, 0.3) is 0 Å². The van der Waals surface area contributed by atoms with E-state index in [4.69, 9.17) is 11.2 Å². The highest BCUT2D eigenvalue weighted by molar-refractivity contribution is 8.01. The van der Waals surface area contributed by atoms with Crippen LogP contribution in [0.15, 0.2) is 34.3 Å². The number of halogens is 1. The van der Waals surface area contributed by atoms with Crippen molar-refractivity contribution in [2.24, 2.45) is 5.10 Å². The highest BCUT2D eigenvalue weighted by Crippen LogP contribution is 2.65. The number of hydrazone groups is 1. The van der Waals surface area contributed by atoms with Crippen LogP contribution in [0.2, 0.25) is 0 Å². The maximum Gasteiger partial charge on any atom is 0.383 e. The SMILES string of the molecule is CCC1=NN(S(=O)(=O)c2ccc(C)cc2)P(=O)(Cl)N1C(C)CC. The van der Waals surface area contributed by atoms with Crippen molar-refractivity contribution in [2.75, 3.05) is 0 Å². The van der Waals surface area contributed by atoms with Crippen molar-refractivity contribution in [2.45, 2.75) is 51.5 Å². The molecule has 23 heavy (non-hydrogen) atoms. The van der Waals surface area contributed by atoms with Crippen molar-refractivity contribution in [3.05, 3.63) is 29.8 Å². The molecule has 0 aromatic heterocycles. The molecule has 0 bridgehead atoms. The molecule has 0 fully saturated rings. The van der Waals surface area contributed by atoms with Gasteiger partial charge in [0.25, 0.3) is 10.0 Å². The van der Waals surface area contributed by atoms with Crippen molar-refractivity contribution in [3.63, 3.8) is 0 Å². The summed E-state index contributed by atoms with van der Waals surface area (Å²) >= 11 is 6.23. The van der Waals surface area contributed by atoms with Gasteiger partial charge in [0.2, 0.25) is 0 Å². The van der Waals surface area contributed by atoms with Gasteiger partial charge in [0.05, 0.1) is 4.90 Å². The summed E-state index contributed by atoms with van der Waals surface area (Å²) in [5.74, 6) is 0.424. The van der Waals surface area contributed by atoms with E-state index in [0.717, 1.165) is 5.56 Å². The predicted octanol–water partition coefficient (Wildman–Crippen LogP) is 4.17. The van der Waals surface area contributed by atoms with Crippen LogP contribution in [0, 0.1) is 6.92 Å². The smallest absolute Gasteiger partial charge is 0.276 e. The van der Waals surface area contributed by atoms with E-state index >= 15 is 0 Å². The molecule has 2 atom stereocenters. The summed E-state index contributed by atoms with van der Waals surface area (Å²) in [6.45, 7) is 3.60. The largest absolute Gasteiger partial charge is 0.383 e. The fourth-order valence-electron chi connectivity index (χ4n) is 2.32. The van der Waals surface area contributed by atoms with Gasteiger partial charge in [-0.25, -0.2) is 0 Å². The molecule has 0 radical (unpaired) electrons. The van der Waals surface area contributed by atoms with Crippen LogP contribution in [0.1, 0.15) is 39.2 Å². The number of nitrogens with zero attached hydrogens (tertiary/aromatic N) is 3. The lowest BCUT2D eigenvalue weighted by Gasteiger charge is -2.30. The second kappa shape index (κ2) is 6.46. The molecule has 1 aliphatic heterocycles. The zero-order valence-corrected chi connectivity index (χ0v) is 16.1. The molecule has 1 aliphatic rings. The Bertz CT molecular complexity index is 764. The van der Waals surface area contributed by atoms with Crippen molar-refractivity contribution in [1.82, 2.24) is 8.86 Å². The van der Waals surface area contributed by atoms with Crippen molar-refractivity contribution < 1.29 is 13.0 Å². The van der Waals surface area contributed by atoms with E-state index in [9.17, 15) is 13.0 Å². The minimum absolute atomic E-state index is 0.0224. The van der Waals surface area contributed by atoms with E-state index in [-0.39, 0.29) is 10.9 Å². The van der Waals surface area contributed by atoms with Gasteiger partial charge in [0, 0.05) is 12.5 Å². The van der Waals surface area contributed by atoms with E-state index in [0.29, 0.717) is 22.9 Å². The Morgan fingerprint density at radius 2 is 1.83 bits per heavy atom. The first-order valence-corrected chi connectivity index (χ1v) is 11.4. The Morgan fingerprint density at radius 1 is 1.26 bits per heavy atom. The lowest BCUT2D eigenvalue weighted by Crippen LogP contribution is -2.32. The average molecular weight is 378 g/mol. The number of sulfonamides is 1. The van der Waals surface area contributed by atoms with Crippen LogP contribution in [0.4, 0.5) is 0 Å². The second-order valence-electron chi connectivity index (χ2n) is 5.49. The van der Waals surface area contributed by atoms with Gasteiger partial charge in [-0.05, 0) is 43.6 Å². The Hall–Kier alpha value is -1.04. The first kappa shape index (κ1) is 18.3. The predicted molar refractivity (Wildman–Crippen MR) is 93.0 cm³/mol. The summed E-state index contributed by atoms with van der Waals surface area (Å²) in [6.07, 6.45) is 1.12. The maximum absolute atomic E-state index is 13.1. The van der Waals surface area contributed by atoms with Gasteiger partial charge < -0.3 is 0 Å². The lowest BCUT2D eigenvalue weighted by atomic mass is 10.2. The van der Waals surface area contributed by atoms with Crippen LogP contribution in [-0.2, 0) is 14.6 Å². The zero-order valence-electron chi connectivity index (χ0n) is 13.6. The summed E-state index contributed by atoms with van der Waals surface area (Å²) in [5.41, 5.74) is 0.929. The van der Waals surface area contributed by atoms with Gasteiger partial charge in [0.1, 0.15) is 5.84 Å². The van der Waals surface area contributed by atoms with Crippen LogP contribution in [0.5, 0.6) is 0 Å². The summed E-state index contributed by atoms with van der Waals surface area (Å²) < 4.78 is 40.7. The molecular weight excluding hydrogens is 357 g/mol. The molecule has 1 aromatic rings. The molecule has 0 spiro atoms. The third-order valence-electron chi connectivity index (χ3n) is 3.80. The Balaban J connectivity index is 2.52. The van der Waals surface area contributed by atoms with E-state index in [1.54, 1.807) is 12.1 Å².